The largest absolute Gasteiger partial charge is 0.444 e. The van der Waals surface area contributed by atoms with Crippen molar-refractivity contribution in [1.29, 1.82) is 0 Å². The van der Waals surface area contributed by atoms with Crippen molar-refractivity contribution in [2.45, 2.75) is 97.2 Å². The molecule has 0 aliphatic heterocycles. The Bertz CT molecular complexity index is 764. The van der Waals surface area contributed by atoms with E-state index in [0.717, 1.165) is 38.5 Å². The number of hydrogen-bond donors (Lipinski definition) is 3. The molecule has 0 bridgehead atoms. The number of unbranched alkanes of at least 4 members (excludes halogenated alkanes) is 5. The maximum Gasteiger partial charge on any atom is 0.408 e. The highest BCUT2D eigenvalue weighted by Gasteiger charge is 2.35. The molecule has 3 amide bonds. The Morgan fingerprint density at radius 1 is 0.971 bits per heavy atom. The van der Waals surface area contributed by atoms with Gasteiger partial charge < -0.3 is 25.4 Å². The van der Waals surface area contributed by atoms with E-state index in [0.29, 0.717) is 25.1 Å². The van der Waals surface area contributed by atoms with E-state index >= 15 is 0 Å². The summed E-state index contributed by atoms with van der Waals surface area (Å²) in [4.78, 5) is 40.8. The van der Waals surface area contributed by atoms with Crippen LogP contribution in [0.5, 0.6) is 0 Å². The van der Waals surface area contributed by atoms with Gasteiger partial charge in [0, 0.05) is 13.1 Å². The number of carbonyl (C=O) groups excluding carboxylic acids is 3. The minimum Gasteiger partial charge on any atom is -0.444 e. The molecule has 3 N–H and O–H groups in total. The van der Waals surface area contributed by atoms with E-state index in [1.807, 2.05) is 37.3 Å². The molecule has 0 aliphatic carbocycles. The quantitative estimate of drug-likeness (QED) is 0.317. The lowest BCUT2D eigenvalue weighted by molar-refractivity contribution is -0.143. The molecule has 35 heavy (non-hydrogen) atoms. The van der Waals surface area contributed by atoms with E-state index in [1.54, 1.807) is 20.8 Å². The first kappa shape index (κ1) is 30.4. The maximum absolute atomic E-state index is 13.7. The SMILES string of the molecule is CCCCCCCN(C(=O)C(CO)NC(=O)OC(C)(C)C)C(C(=O)NCCCC)c1ccccc1. The van der Waals surface area contributed by atoms with Gasteiger partial charge in [-0.15, -0.1) is 0 Å². The van der Waals surface area contributed by atoms with Gasteiger partial charge in [-0.2, -0.15) is 0 Å². The van der Waals surface area contributed by atoms with E-state index in [1.165, 1.54) is 4.90 Å². The molecule has 0 spiro atoms. The number of aliphatic hydroxyl groups is 1. The predicted molar refractivity (Wildman–Crippen MR) is 138 cm³/mol. The standard InChI is InChI=1S/C27H45N3O5/c1-6-8-10-11-15-19-30(25(33)22(20-31)29-26(34)35-27(3,4)5)23(21-16-13-12-14-17-21)24(32)28-18-9-7-2/h12-14,16-17,22-23,31H,6-11,15,18-20H2,1-5H3,(H,28,32)(H,29,34). The lowest BCUT2D eigenvalue weighted by atomic mass is 10.0. The number of nitrogens with one attached hydrogen (secondary N) is 2. The van der Waals surface area contributed by atoms with Gasteiger partial charge in [-0.05, 0) is 39.2 Å². The molecular weight excluding hydrogens is 446 g/mol. The fourth-order valence-electron chi connectivity index (χ4n) is 3.68. The Kier molecular flexibility index (Phi) is 14.0. The molecule has 1 rings (SSSR count). The number of hydrogen-bond acceptors (Lipinski definition) is 5. The summed E-state index contributed by atoms with van der Waals surface area (Å²) >= 11 is 0. The maximum atomic E-state index is 13.7. The molecule has 1 aromatic rings. The number of ether oxygens (including phenoxy) is 1. The zero-order valence-electron chi connectivity index (χ0n) is 22.1. The number of rotatable bonds is 15. The number of carbonyl (C=O) groups is 3. The lowest BCUT2D eigenvalue weighted by Gasteiger charge is -2.34. The summed E-state index contributed by atoms with van der Waals surface area (Å²) in [7, 11) is 0. The first-order valence-corrected chi connectivity index (χ1v) is 12.9. The van der Waals surface area contributed by atoms with Crippen LogP contribution in [0.15, 0.2) is 30.3 Å². The minimum absolute atomic E-state index is 0.277. The van der Waals surface area contributed by atoms with Crippen LogP contribution in [-0.4, -0.2) is 59.3 Å². The number of amides is 3. The Morgan fingerprint density at radius 2 is 1.60 bits per heavy atom. The number of aliphatic hydroxyl groups excluding tert-OH is 1. The van der Waals surface area contributed by atoms with Crippen molar-refractivity contribution < 1.29 is 24.2 Å². The summed E-state index contributed by atoms with van der Waals surface area (Å²) < 4.78 is 5.27. The molecule has 0 saturated carbocycles. The second kappa shape index (κ2) is 16.1. The molecule has 8 heteroatoms. The predicted octanol–water partition coefficient (Wildman–Crippen LogP) is 4.33. The normalized spacial score (nSPS) is 13.0. The van der Waals surface area contributed by atoms with Gasteiger partial charge in [0.25, 0.3) is 0 Å². The smallest absolute Gasteiger partial charge is 0.408 e. The molecule has 0 aromatic heterocycles. The van der Waals surface area contributed by atoms with Gasteiger partial charge >= 0.3 is 6.09 Å². The first-order valence-electron chi connectivity index (χ1n) is 12.9. The van der Waals surface area contributed by atoms with Crippen molar-refractivity contribution >= 4 is 17.9 Å². The highest BCUT2D eigenvalue weighted by atomic mass is 16.6. The second-order valence-corrected chi connectivity index (χ2v) is 9.79. The second-order valence-electron chi connectivity index (χ2n) is 9.79. The number of benzene rings is 1. The third-order valence-corrected chi connectivity index (χ3v) is 5.46. The summed E-state index contributed by atoms with van der Waals surface area (Å²) in [6.07, 6.45) is 5.84. The van der Waals surface area contributed by atoms with Crippen LogP contribution in [0, 0.1) is 0 Å². The van der Waals surface area contributed by atoms with Gasteiger partial charge in [0.05, 0.1) is 6.61 Å². The van der Waals surface area contributed by atoms with E-state index in [9.17, 15) is 19.5 Å². The minimum atomic E-state index is -1.23. The van der Waals surface area contributed by atoms with Crippen LogP contribution in [0.25, 0.3) is 0 Å². The van der Waals surface area contributed by atoms with Crippen molar-refractivity contribution in [3.05, 3.63) is 35.9 Å². The first-order chi connectivity index (χ1) is 16.6. The van der Waals surface area contributed by atoms with Crippen molar-refractivity contribution in [2.24, 2.45) is 0 Å². The number of nitrogens with zero attached hydrogens (tertiary/aromatic N) is 1. The summed E-state index contributed by atoms with van der Waals surface area (Å²) in [5, 5.41) is 15.4. The number of alkyl carbamates (subject to hydrolysis) is 1. The monoisotopic (exact) mass is 491 g/mol. The van der Waals surface area contributed by atoms with Crippen molar-refractivity contribution in [3.63, 3.8) is 0 Å². The Balaban J connectivity index is 3.23. The molecule has 198 valence electrons. The van der Waals surface area contributed by atoms with Crippen LogP contribution in [0.1, 0.15) is 91.2 Å². The van der Waals surface area contributed by atoms with Crippen LogP contribution < -0.4 is 10.6 Å². The summed E-state index contributed by atoms with van der Waals surface area (Å²) in [6, 6.07) is 7.04. The third-order valence-electron chi connectivity index (χ3n) is 5.46. The Hall–Kier alpha value is -2.61. The molecule has 0 radical (unpaired) electrons. The van der Waals surface area contributed by atoms with Gasteiger partial charge in [-0.25, -0.2) is 4.79 Å². The molecule has 8 nitrogen and oxygen atoms in total. The van der Waals surface area contributed by atoms with Crippen molar-refractivity contribution in [3.8, 4) is 0 Å². The van der Waals surface area contributed by atoms with E-state index in [-0.39, 0.29) is 5.91 Å². The molecule has 0 aliphatic rings. The summed E-state index contributed by atoms with van der Waals surface area (Å²) in [6.45, 7) is 9.57. The van der Waals surface area contributed by atoms with E-state index in [4.69, 9.17) is 4.74 Å². The lowest BCUT2D eigenvalue weighted by Crippen LogP contribution is -2.54. The summed E-state index contributed by atoms with van der Waals surface area (Å²) in [5.74, 6) is -0.797. The van der Waals surface area contributed by atoms with Crippen LogP contribution >= 0.6 is 0 Å². The molecule has 0 saturated heterocycles. The topological polar surface area (TPSA) is 108 Å². The fraction of sp³-hybridized carbons (Fsp3) is 0.667. The van der Waals surface area contributed by atoms with Gasteiger partial charge in [0.1, 0.15) is 17.7 Å². The third kappa shape index (κ3) is 11.6. The molecule has 2 unspecified atom stereocenters. The Labute approximate surface area is 210 Å². The van der Waals surface area contributed by atoms with E-state index in [2.05, 4.69) is 17.6 Å². The van der Waals surface area contributed by atoms with Crippen LogP contribution in [0.4, 0.5) is 4.79 Å². The highest BCUT2D eigenvalue weighted by Crippen LogP contribution is 2.23. The van der Waals surface area contributed by atoms with Crippen LogP contribution in [0.2, 0.25) is 0 Å². The van der Waals surface area contributed by atoms with Crippen molar-refractivity contribution in [2.75, 3.05) is 19.7 Å². The Morgan fingerprint density at radius 3 is 2.17 bits per heavy atom. The molecular formula is C27H45N3O5. The van der Waals surface area contributed by atoms with Crippen LogP contribution in [-0.2, 0) is 14.3 Å². The van der Waals surface area contributed by atoms with Gasteiger partial charge in [0.15, 0.2) is 0 Å². The van der Waals surface area contributed by atoms with Gasteiger partial charge in [0.2, 0.25) is 11.8 Å². The average Bonchev–Trinajstić information content (AvgIpc) is 2.80. The van der Waals surface area contributed by atoms with E-state index < -0.39 is 36.3 Å². The zero-order chi connectivity index (χ0) is 26.3. The van der Waals surface area contributed by atoms with Gasteiger partial charge in [-0.3, -0.25) is 9.59 Å². The summed E-state index contributed by atoms with van der Waals surface area (Å²) in [5.41, 5.74) is -0.0740. The molecule has 0 fully saturated rings. The molecule has 1 aromatic carbocycles. The zero-order valence-corrected chi connectivity index (χ0v) is 22.1. The van der Waals surface area contributed by atoms with Crippen molar-refractivity contribution in [1.82, 2.24) is 15.5 Å². The van der Waals surface area contributed by atoms with Crippen LogP contribution in [0.3, 0.4) is 0 Å². The fourth-order valence-corrected chi connectivity index (χ4v) is 3.68. The molecule has 0 heterocycles. The molecule has 2 atom stereocenters. The average molecular weight is 492 g/mol. The highest BCUT2D eigenvalue weighted by molar-refractivity contribution is 5.92. The van der Waals surface area contributed by atoms with Gasteiger partial charge in [-0.1, -0.05) is 76.3 Å².